The fourth-order valence-electron chi connectivity index (χ4n) is 2.04. The molecule has 1 saturated carbocycles. The van der Waals surface area contributed by atoms with E-state index in [1.165, 1.54) is 11.3 Å². The van der Waals surface area contributed by atoms with Gasteiger partial charge in [0.25, 0.3) is 0 Å². The Morgan fingerprint density at radius 2 is 2.24 bits per heavy atom. The lowest BCUT2D eigenvalue weighted by Crippen LogP contribution is -2.23. The molecule has 6 nitrogen and oxygen atoms in total. The largest absolute Gasteiger partial charge is 0.461 e. The number of esters is 1. The van der Waals surface area contributed by atoms with E-state index in [0.29, 0.717) is 10.8 Å². The highest BCUT2D eigenvalue weighted by Crippen LogP contribution is 2.25. The van der Waals surface area contributed by atoms with Crippen LogP contribution < -0.4 is 5.73 Å². The monoisotopic (exact) mass is 331 g/mol. The number of thiazole rings is 1. The van der Waals surface area contributed by atoms with Crippen molar-refractivity contribution in [3.05, 3.63) is 11.1 Å². The summed E-state index contributed by atoms with van der Waals surface area (Å²) >= 11 is 7.28. The number of hydrogen-bond donors (Lipinski definition) is 1. The molecule has 1 aliphatic rings. The van der Waals surface area contributed by atoms with Crippen LogP contribution in [-0.4, -0.2) is 34.8 Å². The molecule has 0 aliphatic heterocycles. The van der Waals surface area contributed by atoms with Gasteiger partial charge in [0.1, 0.15) is 11.8 Å². The minimum Gasteiger partial charge on any atom is -0.461 e. The van der Waals surface area contributed by atoms with E-state index in [-0.39, 0.29) is 23.8 Å². The fourth-order valence-corrected chi connectivity index (χ4v) is 2.84. The van der Waals surface area contributed by atoms with E-state index in [1.807, 2.05) is 0 Å². The van der Waals surface area contributed by atoms with Crippen LogP contribution in [0.15, 0.2) is 10.5 Å². The Balaban J connectivity index is 2.07. The van der Waals surface area contributed by atoms with Crippen LogP contribution in [0.2, 0.25) is 0 Å². The van der Waals surface area contributed by atoms with Crippen LogP contribution in [0.3, 0.4) is 0 Å². The molecular formula is C13H18ClN3O3S. The lowest BCUT2D eigenvalue weighted by Gasteiger charge is -2.23. The van der Waals surface area contributed by atoms with Gasteiger partial charge >= 0.3 is 5.97 Å². The molecule has 0 spiro atoms. The Bertz CT molecular complexity index is 513. The van der Waals surface area contributed by atoms with Gasteiger partial charge in [-0.05, 0) is 32.6 Å². The SMILES string of the molecule is CCOC(=O)C(=NO[C@H]1CC[C@@H](Cl)CC1)c1csc(N)n1. The van der Waals surface area contributed by atoms with Gasteiger partial charge in [0.15, 0.2) is 5.13 Å². The molecule has 0 bridgehead atoms. The molecule has 1 aromatic heterocycles. The Morgan fingerprint density at radius 1 is 1.52 bits per heavy atom. The summed E-state index contributed by atoms with van der Waals surface area (Å²) in [5, 5.41) is 6.19. The lowest BCUT2D eigenvalue weighted by molar-refractivity contribution is -0.135. The summed E-state index contributed by atoms with van der Waals surface area (Å²) in [4.78, 5) is 21.5. The topological polar surface area (TPSA) is 86.8 Å². The van der Waals surface area contributed by atoms with Gasteiger partial charge in [0.2, 0.25) is 5.71 Å². The van der Waals surface area contributed by atoms with Crippen molar-refractivity contribution in [2.45, 2.75) is 44.1 Å². The predicted molar refractivity (Wildman–Crippen MR) is 82.7 cm³/mol. The molecule has 1 fully saturated rings. The second-order valence-corrected chi connectivity index (χ2v) is 6.22. The van der Waals surface area contributed by atoms with Gasteiger partial charge in [-0.15, -0.1) is 22.9 Å². The molecule has 0 atom stereocenters. The molecule has 2 rings (SSSR count). The Kier molecular flexibility index (Phi) is 5.81. The molecule has 116 valence electrons. The summed E-state index contributed by atoms with van der Waals surface area (Å²) in [6.45, 7) is 1.99. The van der Waals surface area contributed by atoms with E-state index in [4.69, 9.17) is 26.9 Å². The zero-order valence-electron chi connectivity index (χ0n) is 11.8. The van der Waals surface area contributed by atoms with Crippen molar-refractivity contribution in [3.63, 3.8) is 0 Å². The minimum atomic E-state index is -0.561. The van der Waals surface area contributed by atoms with Gasteiger partial charge in [-0.2, -0.15) is 0 Å². The van der Waals surface area contributed by atoms with Gasteiger partial charge in [0, 0.05) is 10.8 Å². The third-order valence-corrected chi connectivity index (χ3v) is 4.24. The fraction of sp³-hybridized carbons (Fsp3) is 0.615. The number of carbonyl (C=O) groups is 1. The standard InChI is InChI=1S/C13H18ClN3O3S/c1-2-19-12(18)11(10-7-21-13(15)16-10)17-20-9-5-3-8(14)4-6-9/h7-9H,2-6H2,1H3,(H2,15,16)/t8-,9+. The Labute approximate surface area is 132 Å². The maximum atomic E-state index is 11.9. The van der Waals surface area contributed by atoms with Gasteiger partial charge in [0.05, 0.1) is 6.61 Å². The van der Waals surface area contributed by atoms with Gasteiger partial charge in [-0.1, -0.05) is 5.16 Å². The number of halogens is 1. The number of anilines is 1. The quantitative estimate of drug-likeness (QED) is 0.388. The number of hydrogen-bond acceptors (Lipinski definition) is 7. The number of nitrogen functional groups attached to an aromatic ring is 1. The molecule has 21 heavy (non-hydrogen) atoms. The van der Waals surface area contributed by atoms with Crippen molar-refractivity contribution >= 4 is 39.8 Å². The summed E-state index contributed by atoms with van der Waals surface area (Å²) in [5.41, 5.74) is 6.02. The number of nitrogens with zero attached hydrogens (tertiary/aromatic N) is 2. The first-order chi connectivity index (χ1) is 10.1. The van der Waals surface area contributed by atoms with Crippen LogP contribution in [0.1, 0.15) is 38.3 Å². The van der Waals surface area contributed by atoms with Crippen LogP contribution in [0.5, 0.6) is 0 Å². The number of carbonyl (C=O) groups excluding carboxylic acids is 1. The molecule has 0 saturated heterocycles. The van der Waals surface area contributed by atoms with Crippen molar-refractivity contribution in [3.8, 4) is 0 Å². The first-order valence-electron chi connectivity index (χ1n) is 6.86. The molecule has 1 heterocycles. The molecule has 1 aliphatic carbocycles. The summed E-state index contributed by atoms with van der Waals surface area (Å²) in [7, 11) is 0. The van der Waals surface area contributed by atoms with Gasteiger partial charge in [-0.25, -0.2) is 9.78 Å². The number of rotatable bonds is 5. The van der Waals surface area contributed by atoms with E-state index in [2.05, 4.69) is 10.1 Å². The molecular weight excluding hydrogens is 314 g/mol. The van der Waals surface area contributed by atoms with Crippen molar-refractivity contribution in [1.82, 2.24) is 4.98 Å². The van der Waals surface area contributed by atoms with Gasteiger partial charge < -0.3 is 15.3 Å². The Morgan fingerprint density at radius 3 is 2.81 bits per heavy atom. The molecule has 0 unspecified atom stereocenters. The number of oxime groups is 1. The maximum absolute atomic E-state index is 11.9. The van der Waals surface area contributed by atoms with E-state index in [1.54, 1.807) is 12.3 Å². The zero-order chi connectivity index (χ0) is 15.2. The molecule has 1 aromatic rings. The highest BCUT2D eigenvalue weighted by molar-refractivity contribution is 7.13. The second kappa shape index (κ2) is 7.61. The van der Waals surface area contributed by atoms with Crippen LogP contribution in [0.25, 0.3) is 0 Å². The number of nitrogens with two attached hydrogens (primary N) is 1. The summed E-state index contributed by atoms with van der Waals surface area (Å²) in [5.74, 6) is -0.561. The maximum Gasteiger partial charge on any atom is 0.362 e. The summed E-state index contributed by atoms with van der Waals surface area (Å²) in [6, 6.07) is 0. The highest BCUT2D eigenvalue weighted by atomic mass is 35.5. The average Bonchev–Trinajstić information content (AvgIpc) is 2.88. The average molecular weight is 332 g/mol. The van der Waals surface area contributed by atoms with Crippen molar-refractivity contribution < 1.29 is 14.4 Å². The van der Waals surface area contributed by atoms with Crippen molar-refractivity contribution in [2.24, 2.45) is 5.16 Å². The van der Waals surface area contributed by atoms with E-state index in [0.717, 1.165) is 25.7 Å². The highest BCUT2D eigenvalue weighted by Gasteiger charge is 2.23. The lowest BCUT2D eigenvalue weighted by atomic mass is 9.97. The number of alkyl halides is 1. The third-order valence-electron chi connectivity index (χ3n) is 3.13. The first-order valence-corrected chi connectivity index (χ1v) is 8.18. The molecule has 8 heteroatoms. The minimum absolute atomic E-state index is 0.0274. The molecule has 0 amide bonds. The van der Waals surface area contributed by atoms with Crippen molar-refractivity contribution in [1.29, 1.82) is 0 Å². The van der Waals surface area contributed by atoms with Crippen LogP contribution in [-0.2, 0) is 14.4 Å². The third kappa shape index (κ3) is 4.57. The van der Waals surface area contributed by atoms with E-state index >= 15 is 0 Å². The van der Waals surface area contributed by atoms with Crippen LogP contribution in [0.4, 0.5) is 5.13 Å². The van der Waals surface area contributed by atoms with Gasteiger partial charge in [-0.3, -0.25) is 0 Å². The van der Waals surface area contributed by atoms with Crippen molar-refractivity contribution in [2.75, 3.05) is 12.3 Å². The molecule has 2 N–H and O–H groups in total. The summed E-state index contributed by atoms with van der Waals surface area (Å²) in [6.07, 6.45) is 3.40. The zero-order valence-corrected chi connectivity index (χ0v) is 13.3. The van der Waals surface area contributed by atoms with Crippen LogP contribution in [0, 0.1) is 0 Å². The van der Waals surface area contributed by atoms with E-state index < -0.39 is 5.97 Å². The smallest absolute Gasteiger partial charge is 0.362 e. The number of ether oxygens (including phenoxy) is 1. The normalized spacial score (nSPS) is 22.9. The second-order valence-electron chi connectivity index (χ2n) is 4.71. The van der Waals surface area contributed by atoms with Crippen LogP contribution >= 0.6 is 22.9 Å². The Hall–Kier alpha value is -1.34. The molecule has 0 aromatic carbocycles. The number of aromatic nitrogens is 1. The predicted octanol–water partition coefficient (Wildman–Crippen LogP) is 2.56. The van der Waals surface area contributed by atoms with E-state index in [9.17, 15) is 4.79 Å². The molecule has 0 radical (unpaired) electrons. The summed E-state index contributed by atoms with van der Waals surface area (Å²) < 4.78 is 4.98. The first kappa shape index (κ1) is 16.0.